The van der Waals surface area contributed by atoms with Crippen LogP contribution in [0.2, 0.25) is 0 Å². The monoisotopic (exact) mass is 192 g/mol. The van der Waals surface area contributed by atoms with E-state index in [4.69, 9.17) is 5.53 Å². The number of nitro groups is 1. The van der Waals surface area contributed by atoms with Crippen molar-refractivity contribution >= 4 is 5.69 Å². The van der Waals surface area contributed by atoms with E-state index in [9.17, 15) is 10.1 Å². The topological polar surface area (TPSA) is 91.9 Å². The van der Waals surface area contributed by atoms with E-state index in [1.165, 1.54) is 12.1 Å². The Morgan fingerprint density at radius 1 is 1.50 bits per heavy atom. The summed E-state index contributed by atoms with van der Waals surface area (Å²) in [4.78, 5) is 12.5. The van der Waals surface area contributed by atoms with Gasteiger partial charge in [0.15, 0.2) is 0 Å². The smallest absolute Gasteiger partial charge is 0.258 e. The summed E-state index contributed by atoms with van der Waals surface area (Å²) >= 11 is 0. The summed E-state index contributed by atoms with van der Waals surface area (Å²) < 4.78 is 0. The molecule has 14 heavy (non-hydrogen) atoms. The van der Waals surface area contributed by atoms with Crippen LogP contribution in [0.3, 0.4) is 0 Å². The van der Waals surface area contributed by atoms with Crippen LogP contribution in [0, 0.1) is 10.1 Å². The Hall–Kier alpha value is -2.07. The maximum absolute atomic E-state index is 10.3. The molecule has 0 saturated heterocycles. The van der Waals surface area contributed by atoms with E-state index in [1.807, 2.05) is 0 Å². The minimum Gasteiger partial charge on any atom is -0.258 e. The number of benzene rings is 1. The molecule has 0 aromatic heterocycles. The van der Waals surface area contributed by atoms with Crippen molar-refractivity contribution in [3.8, 4) is 0 Å². The van der Waals surface area contributed by atoms with Crippen LogP contribution < -0.4 is 0 Å². The molecule has 0 saturated carbocycles. The second-order valence-electron chi connectivity index (χ2n) is 2.73. The molecule has 0 N–H and O–H groups in total. The maximum atomic E-state index is 10.3. The zero-order valence-electron chi connectivity index (χ0n) is 7.49. The van der Waals surface area contributed by atoms with E-state index in [2.05, 4.69) is 10.0 Å². The van der Waals surface area contributed by atoms with Crippen LogP contribution in [0.4, 0.5) is 5.69 Å². The van der Waals surface area contributed by atoms with Crippen molar-refractivity contribution in [1.82, 2.24) is 0 Å². The molecular formula is C8H8N4O2. The fraction of sp³-hybridized carbons (Fsp3) is 0.250. The number of rotatable bonds is 3. The first-order chi connectivity index (χ1) is 6.65. The fourth-order valence-corrected chi connectivity index (χ4v) is 1.02. The summed E-state index contributed by atoms with van der Waals surface area (Å²) in [6.45, 7) is 1.72. The number of hydrogen-bond donors (Lipinski definition) is 0. The van der Waals surface area contributed by atoms with Crippen molar-refractivity contribution in [1.29, 1.82) is 0 Å². The van der Waals surface area contributed by atoms with Gasteiger partial charge in [0, 0.05) is 17.0 Å². The molecule has 1 aromatic rings. The Labute approximate surface area is 79.9 Å². The van der Waals surface area contributed by atoms with Crippen LogP contribution in [0.5, 0.6) is 0 Å². The van der Waals surface area contributed by atoms with Gasteiger partial charge in [0.2, 0.25) is 0 Å². The Morgan fingerprint density at radius 3 is 2.50 bits per heavy atom. The van der Waals surface area contributed by atoms with Gasteiger partial charge < -0.3 is 0 Å². The van der Waals surface area contributed by atoms with Gasteiger partial charge in [0.05, 0.1) is 11.0 Å². The highest BCUT2D eigenvalue weighted by molar-refractivity contribution is 5.34. The minimum absolute atomic E-state index is 0.0295. The molecule has 0 heterocycles. The molecule has 0 fully saturated rings. The molecule has 0 aliphatic carbocycles. The Morgan fingerprint density at radius 2 is 2.07 bits per heavy atom. The first-order valence-electron chi connectivity index (χ1n) is 3.93. The molecule has 0 aliphatic rings. The third-order valence-electron chi connectivity index (χ3n) is 1.81. The molecule has 0 radical (unpaired) electrons. The zero-order chi connectivity index (χ0) is 10.6. The lowest BCUT2D eigenvalue weighted by Gasteiger charge is -2.02. The van der Waals surface area contributed by atoms with E-state index >= 15 is 0 Å². The highest BCUT2D eigenvalue weighted by Gasteiger charge is 2.06. The van der Waals surface area contributed by atoms with Crippen LogP contribution in [0.25, 0.3) is 10.4 Å². The fourth-order valence-electron chi connectivity index (χ4n) is 1.02. The van der Waals surface area contributed by atoms with Crippen LogP contribution >= 0.6 is 0 Å². The number of nitro benzene ring substituents is 1. The van der Waals surface area contributed by atoms with Crippen LogP contribution in [0.1, 0.15) is 18.5 Å². The van der Waals surface area contributed by atoms with Crippen molar-refractivity contribution in [3.05, 3.63) is 50.4 Å². The summed E-state index contributed by atoms with van der Waals surface area (Å²) in [5, 5.41) is 13.8. The summed E-state index contributed by atoms with van der Waals surface area (Å²) in [6, 6.07) is 5.63. The Kier molecular flexibility index (Phi) is 3.04. The van der Waals surface area contributed by atoms with Crippen LogP contribution in [-0.2, 0) is 0 Å². The summed E-state index contributed by atoms with van der Waals surface area (Å²) in [6.07, 6.45) is 0. The maximum Gasteiger partial charge on any atom is 0.269 e. The molecular weight excluding hydrogens is 184 g/mol. The van der Waals surface area contributed by atoms with Crippen molar-refractivity contribution < 1.29 is 4.92 Å². The van der Waals surface area contributed by atoms with Gasteiger partial charge in [-0.25, -0.2) is 0 Å². The standard InChI is InChI=1S/C8H8N4O2/c1-6(10-11-9)7-2-4-8(5-3-7)12(13)14/h2-6H,1H3/t6-/m1/s1. The summed E-state index contributed by atoms with van der Waals surface area (Å²) in [7, 11) is 0. The van der Waals surface area contributed by atoms with Gasteiger partial charge in [0.1, 0.15) is 0 Å². The van der Waals surface area contributed by atoms with Crippen LogP contribution in [0.15, 0.2) is 29.4 Å². The van der Waals surface area contributed by atoms with Gasteiger partial charge >= 0.3 is 0 Å². The van der Waals surface area contributed by atoms with E-state index in [-0.39, 0.29) is 11.7 Å². The quantitative estimate of drug-likeness (QED) is 0.242. The number of nitrogens with zero attached hydrogens (tertiary/aromatic N) is 4. The molecule has 0 aliphatic heterocycles. The predicted octanol–water partition coefficient (Wildman–Crippen LogP) is 2.97. The minimum atomic E-state index is -0.470. The molecule has 1 aromatic carbocycles. The second-order valence-corrected chi connectivity index (χ2v) is 2.73. The molecule has 6 heteroatoms. The van der Waals surface area contributed by atoms with Gasteiger partial charge in [-0.05, 0) is 11.1 Å². The number of non-ortho nitro benzene ring substituents is 1. The predicted molar refractivity (Wildman–Crippen MR) is 50.7 cm³/mol. The van der Waals surface area contributed by atoms with Gasteiger partial charge in [-0.15, -0.1) is 0 Å². The Bertz CT molecular complexity index is 381. The lowest BCUT2D eigenvalue weighted by molar-refractivity contribution is -0.384. The van der Waals surface area contributed by atoms with Crippen molar-refractivity contribution in [2.45, 2.75) is 13.0 Å². The zero-order valence-corrected chi connectivity index (χ0v) is 7.49. The molecule has 72 valence electrons. The largest absolute Gasteiger partial charge is 0.269 e. The molecule has 0 unspecified atom stereocenters. The van der Waals surface area contributed by atoms with E-state index in [1.54, 1.807) is 19.1 Å². The summed E-state index contributed by atoms with van der Waals surface area (Å²) in [5.41, 5.74) is 8.98. The average molecular weight is 192 g/mol. The summed E-state index contributed by atoms with van der Waals surface area (Å²) in [5.74, 6) is 0. The van der Waals surface area contributed by atoms with Crippen molar-refractivity contribution in [2.24, 2.45) is 5.11 Å². The van der Waals surface area contributed by atoms with E-state index in [0.717, 1.165) is 5.56 Å². The van der Waals surface area contributed by atoms with Gasteiger partial charge in [-0.3, -0.25) is 10.1 Å². The van der Waals surface area contributed by atoms with Crippen molar-refractivity contribution in [3.63, 3.8) is 0 Å². The molecule has 0 amide bonds. The first kappa shape index (κ1) is 10.0. The SMILES string of the molecule is C[C@@H](N=[N+]=[N-])c1ccc([N+](=O)[O-])cc1. The molecule has 6 nitrogen and oxygen atoms in total. The number of hydrogen-bond acceptors (Lipinski definition) is 3. The third kappa shape index (κ3) is 2.21. The average Bonchev–Trinajstić information content (AvgIpc) is 2.18. The normalized spacial score (nSPS) is 11.5. The van der Waals surface area contributed by atoms with Crippen molar-refractivity contribution in [2.75, 3.05) is 0 Å². The van der Waals surface area contributed by atoms with Gasteiger partial charge in [-0.1, -0.05) is 24.2 Å². The second kappa shape index (κ2) is 4.25. The van der Waals surface area contributed by atoms with E-state index in [0.29, 0.717) is 0 Å². The third-order valence-corrected chi connectivity index (χ3v) is 1.81. The van der Waals surface area contributed by atoms with Crippen LogP contribution in [-0.4, -0.2) is 4.92 Å². The number of azide groups is 1. The lowest BCUT2D eigenvalue weighted by atomic mass is 10.1. The first-order valence-corrected chi connectivity index (χ1v) is 3.93. The molecule has 1 rings (SSSR count). The van der Waals surface area contributed by atoms with Gasteiger partial charge in [0.25, 0.3) is 5.69 Å². The Balaban J connectivity index is 2.93. The molecule has 0 bridgehead atoms. The highest BCUT2D eigenvalue weighted by atomic mass is 16.6. The highest BCUT2D eigenvalue weighted by Crippen LogP contribution is 2.19. The molecule has 0 spiro atoms. The molecule has 1 atom stereocenters. The van der Waals surface area contributed by atoms with Gasteiger partial charge in [-0.2, -0.15) is 0 Å². The van der Waals surface area contributed by atoms with E-state index < -0.39 is 4.92 Å². The lowest BCUT2D eigenvalue weighted by Crippen LogP contribution is -1.90.